The van der Waals surface area contributed by atoms with Crippen LogP contribution in [0.25, 0.3) is 0 Å². The van der Waals surface area contributed by atoms with Crippen LogP contribution in [0, 0.1) is 5.92 Å². The Kier molecular flexibility index (Phi) is 4.56. The molecule has 1 fully saturated rings. The summed E-state index contributed by atoms with van der Waals surface area (Å²) >= 11 is 2.04. The fourth-order valence-corrected chi connectivity index (χ4v) is 3.81. The highest BCUT2D eigenvalue weighted by Crippen LogP contribution is 2.24. The maximum atomic E-state index is 11.6. The Bertz CT molecular complexity index is 490. The van der Waals surface area contributed by atoms with Gasteiger partial charge >= 0.3 is 0 Å². The summed E-state index contributed by atoms with van der Waals surface area (Å²) < 4.78 is 15.7. The highest BCUT2D eigenvalue weighted by Gasteiger charge is 2.14. The molecule has 0 spiro atoms. The van der Waals surface area contributed by atoms with Gasteiger partial charge in [0.15, 0.2) is 0 Å². The second-order valence-corrected chi connectivity index (χ2v) is 8.62. The number of hydrogen-bond donors (Lipinski definition) is 1. The second-order valence-electron chi connectivity index (χ2n) is 4.93. The maximum Gasteiger partial charge on any atom is 0.0731 e. The molecule has 3 nitrogen and oxygen atoms in total. The number of hydrogen-bond acceptors (Lipinski definition) is 4. The van der Waals surface area contributed by atoms with Crippen LogP contribution < -0.4 is 5.32 Å². The van der Waals surface area contributed by atoms with Crippen LogP contribution in [0.15, 0.2) is 28.6 Å². The van der Waals surface area contributed by atoms with Crippen LogP contribution in [-0.4, -0.2) is 34.8 Å². The lowest BCUT2D eigenvalue weighted by Gasteiger charge is -2.11. The van der Waals surface area contributed by atoms with Crippen molar-refractivity contribution in [2.24, 2.45) is 10.3 Å². The molecule has 1 aromatic rings. The van der Waals surface area contributed by atoms with E-state index in [0.717, 1.165) is 23.8 Å². The zero-order valence-corrected chi connectivity index (χ0v) is 12.5. The third kappa shape index (κ3) is 4.53. The Balaban J connectivity index is 1.93. The summed E-state index contributed by atoms with van der Waals surface area (Å²) in [4.78, 5) is 0. The molecule has 0 bridgehead atoms. The predicted octanol–water partition coefficient (Wildman–Crippen LogP) is 3.21. The zero-order valence-electron chi connectivity index (χ0n) is 10.9. The van der Waals surface area contributed by atoms with Gasteiger partial charge in [-0.15, -0.1) is 0 Å². The van der Waals surface area contributed by atoms with E-state index in [0.29, 0.717) is 0 Å². The van der Waals surface area contributed by atoms with Gasteiger partial charge in [0.1, 0.15) is 0 Å². The number of thioether (sulfide) groups is 1. The molecule has 0 amide bonds. The first-order chi connectivity index (χ1) is 8.53. The number of benzene rings is 1. The molecule has 5 heteroatoms. The molecule has 1 aliphatic rings. The van der Waals surface area contributed by atoms with Crippen molar-refractivity contribution in [1.29, 1.82) is 0 Å². The highest BCUT2D eigenvalue weighted by atomic mass is 32.2. The minimum Gasteiger partial charge on any atom is -0.385 e. The van der Waals surface area contributed by atoms with E-state index in [-0.39, 0.29) is 0 Å². The van der Waals surface area contributed by atoms with Gasteiger partial charge in [-0.25, -0.2) is 4.21 Å². The van der Waals surface area contributed by atoms with Gasteiger partial charge in [0.2, 0.25) is 0 Å². The Labute approximate surface area is 114 Å². The number of rotatable bonds is 4. The molecule has 18 heavy (non-hydrogen) atoms. The van der Waals surface area contributed by atoms with Crippen LogP contribution >= 0.6 is 11.8 Å². The summed E-state index contributed by atoms with van der Waals surface area (Å²) in [6.45, 7) is 1.04. The molecule has 1 N–H and O–H groups in total. The molecule has 1 heterocycles. The van der Waals surface area contributed by atoms with Crippen LogP contribution in [0.4, 0.5) is 11.4 Å². The van der Waals surface area contributed by atoms with Gasteiger partial charge in [0.05, 0.1) is 5.69 Å². The summed E-state index contributed by atoms with van der Waals surface area (Å²) in [7, 11) is -2.06. The maximum absolute atomic E-state index is 11.6. The summed E-state index contributed by atoms with van der Waals surface area (Å²) in [5.41, 5.74) is 1.90. The summed E-state index contributed by atoms with van der Waals surface area (Å²) in [6.07, 6.45) is 4.62. The molecule has 0 aromatic heterocycles. The fraction of sp³-hybridized carbons (Fsp3) is 0.538. The minimum absolute atomic E-state index is 0.784. The van der Waals surface area contributed by atoms with E-state index in [2.05, 4.69) is 9.68 Å². The largest absolute Gasteiger partial charge is 0.385 e. The first-order valence-corrected chi connectivity index (χ1v) is 9.60. The van der Waals surface area contributed by atoms with Gasteiger partial charge in [-0.1, -0.05) is 0 Å². The smallest absolute Gasteiger partial charge is 0.0731 e. The summed E-state index contributed by atoms with van der Waals surface area (Å²) in [5, 5.41) is 3.45. The molecule has 1 aromatic carbocycles. The molecule has 1 unspecified atom stereocenters. The first-order valence-electron chi connectivity index (χ1n) is 6.12. The third-order valence-electron chi connectivity index (χ3n) is 2.81. The highest BCUT2D eigenvalue weighted by molar-refractivity contribution is 7.99. The molecule has 0 saturated carbocycles. The molecule has 1 aliphatic heterocycles. The lowest BCUT2D eigenvalue weighted by Crippen LogP contribution is -2.13. The van der Waals surface area contributed by atoms with Gasteiger partial charge in [0.25, 0.3) is 0 Å². The van der Waals surface area contributed by atoms with Crippen molar-refractivity contribution in [3.05, 3.63) is 24.3 Å². The molecular formula is C13H20N2OS2. The van der Waals surface area contributed by atoms with Crippen molar-refractivity contribution in [2.75, 3.05) is 35.9 Å². The molecule has 1 atom stereocenters. The Hall–Kier alpha value is -0.680. The summed E-state index contributed by atoms with van der Waals surface area (Å²) in [5.74, 6) is 3.36. The van der Waals surface area contributed by atoms with Crippen LogP contribution in [0.5, 0.6) is 0 Å². The topological polar surface area (TPSA) is 41.5 Å². The van der Waals surface area contributed by atoms with Crippen molar-refractivity contribution in [2.45, 2.75) is 6.42 Å². The predicted molar refractivity (Wildman–Crippen MR) is 82.4 cm³/mol. The molecule has 0 radical (unpaired) electrons. The van der Waals surface area contributed by atoms with Crippen molar-refractivity contribution >= 4 is 32.9 Å². The van der Waals surface area contributed by atoms with Crippen molar-refractivity contribution in [1.82, 2.24) is 0 Å². The Morgan fingerprint density at radius 3 is 2.67 bits per heavy atom. The normalized spacial score (nSPS) is 19.8. The van der Waals surface area contributed by atoms with E-state index < -0.39 is 9.73 Å². The second kappa shape index (κ2) is 5.97. The molecule has 0 aliphatic carbocycles. The Morgan fingerprint density at radius 1 is 1.39 bits per heavy atom. The lowest BCUT2D eigenvalue weighted by atomic mass is 10.1. The van der Waals surface area contributed by atoms with E-state index in [1.807, 2.05) is 36.0 Å². The molecule has 1 saturated heterocycles. The van der Waals surface area contributed by atoms with Gasteiger partial charge in [0, 0.05) is 34.5 Å². The van der Waals surface area contributed by atoms with Gasteiger partial charge in [-0.2, -0.15) is 16.1 Å². The Morgan fingerprint density at radius 2 is 2.11 bits per heavy atom. The first kappa shape index (κ1) is 13.7. The van der Waals surface area contributed by atoms with Gasteiger partial charge in [-0.3, -0.25) is 0 Å². The lowest BCUT2D eigenvalue weighted by molar-refractivity contribution is 0.632. The molecular weight excluding hydrogens is 264 g/mol. The summed E-state index contributed by atoms with van der Waals surface area (Å²) in [6, 6.07) is 7.84. The van der Waals surface area contributed by atoms with Crippen LogP contribution in [-0.2, 0) is 9.73 Å². The van der Waals surface area contributed by atoms with Crippen molar-refractivity contribution in [3.8, 4) is 0 Å². The van der Waals surface area contributed by atoms with Gasteiger partial charge in [-0.05, 0) is 48.1 Å². The minimum atomic E-state index is -2.06. The van der Waals surface area contributed by atoms with E-state index in [4.69, 9.17) is 0 Å². The average Bonchev–Trinajstić information content (AvgIpc) is 2.79. The van der Waals surface area contributed by atoms with Crippen LogP contribution in [0.1, 0.15) is 6.42 Å². The van der Waals surface area contributed by atoms with Crippen molar-refractivity contribution in [3.63, 3.8) is 0 Å². The SMILES string of the molecule is CS(C)(=O)=Nc1ccc(NCC2CCSC2)cc1. The van der Waals surface area contributed by atoms with E-state index in [1.165, 1.54) is 17.9 Å². The van der Waals surface area contributed by atoms with E-state index in [1.54, 1.807) is 12.5 Å². The van der Waals surface area contributed by atoms with E-state index >= 15 is 0 Å². The van der Waals surface area contributed by atoms with Gasteiger partial charge < -0.3 is 5.32 Å². The molecule has 2 rings (SSSR count). The number of nitrogens with zero attached hydrogens (tertiary/aromatic N) is 1. The molecule has 100 valence electrons. The van der Waals surface area contributed by atoms with Crippen molar-refractivity contribution < 1.29 is 4.21 Å². The fourth-order valence-electron chi connectivity index (χ4n) is 1.90. The average molecular weight is 284 g/mol. The van der Waals surface area contributed by atoms with Crippen LogP contribution in [0.2, 0.25) is 0 Å². The zero-order chi connectivity index (χ0) is 13.0. The number of nitrogens with one attached hydrogen (secondary N) is 1. The quantitative estimate of drug-likeness (QED) is 0.923. The standard InChI is InChI=1S/C13H20N2OS2/c1-18(2,16)15-13-5-3-12(4-6-13)14-9-11-7-8-17-10-11/h3-6,11,14H,7-10H2,1-2H3. The third-order valence-corrected chi connectivity index (χ3v) is 4.69. The monoisotopic (exact) mass is 284 g/mol. The number of anilines is 1. The van der Waals surface area contributed by atoms with E-state index in [9.17, 15) is 4.21 Å². The van der Waals surface area contributed by atoms with Crippen LogP contribution in [0.3, 0.4) is 0 Å².